The van der Waals surface area contributed by atoms with Gasteiger partial charge in [0.25, 0.3) is 0 Å². The topological polar surface area (TPSA) is 75.7 Å². The summed E-state index contributed by atoms with van der Waals surface area (Å²) in [5, 5.41) is 0. The molecular formula is C15H24N2O4S. The van der Waals surface area contributed by atoms with E-state index in [1.54, 1.807) is 0 Å². The number of ether oxygens (including phenoxy) is 1. The third-order valence-corrected chi connectivity index (χ3v) is 5.55. The second-order valence-electron chi connectivity index (χ2n) is 6.71. The lowest BCUT2D eigenvalue weighted by Crippen LogP contribution is -2.50. The fourth-order valence-electron chi connectivity index (χ4n) is 3.80. The molecule has 1 aliphatic carbocycles. The Bertz CT molecular complexity index is 586. The number of allylic oxidation sites excluding steroid dienone is 1. The monoisotopic (exact) mass is 328 g/mol. The average Bonchev–Trinajstić information content (AvgIpc) is 3.06. The van der Waals surface area contributed by atoms with Crippen LogP contribution < -0.4 is 4.72 Å². The van der Waals surface area contributed by atoms with Crippen molar-refractivity contribution in [2.24, 2.45) is 0 Å². The van der Waals surface area contributed by atoms with Crippen LogP contribution in [-0.2, 0) is 19.6 Å². The highest BCUT2D eigenvalue weighted by Crippen LogP contribution is 2.35. The van der Waals surface area contributed by atoms with Crippen LogP contribution in [-0.4, -0.2) is 56.8 Å². The minimum absolute atomic E-state index is 0.0931. The highest BCUT2D eigenvalue weighted by atomic mass is 32.2. The molecule has 6 nitrogen and oxygen atoms in total. The van der Waals surface area contributed by atoms with Crippen molar-refractivity contribution < 1.29 is 17.9 Å². The zero-order valence-corrected chi connectivity index (χ0v) is 13.8. The van der Waals surface area contributed by atoms with Gasteiger partial charge in [-0.15, -0.1) is 0 Å². The number of carbonyl (C=O) groups is 1. The number of rotatable bonds is 3. The third kappa shape index (κ3) is 3.52. The molecule has 0 radical (unpaired) electrons. The van der Waals surface area contributed by atoms with Crippen molar-refractivity contribution in [1.82, 2.24) is 9.62 Å². The molecule has 0 saturated carbocycles. The number of nitrogens with zero attached hydrogens (tertiary/aromatic N) is 1. The van der Waals surface area contributed by atoms with Gasteiger partial charge >= 0.3 is 0 Å². The van der Waals surface area contributed by atoms with Gasteiger partial charge in [0.2, 0.25) is 15.9 Å². The summed E-state index contributed by atoms with van der Waals surface area (Å²) >= 11 is 0. The van der Waals surface area contributed by atoms with Crippen LogP contribution in [0.4, 0.5) is 0 Å². The summed E-state index contributed by atoms with van der Waals surface area (Å²) in [7, 11) is -3.21. The number of hydrogen-bond donors (Lipinski definition) is 1. The molecule has 0 unspecified atom stereocenters. The number of amides is 1. The van der Waals surface area contributed by atoms with Crippen LogP contribution in [0.1, 0.15) is 38.5 Å². The molecular weight excluding hydrogens is 304 g/mol. The van der Waals surface area contributed by atoms with Gasteiger partial charge < -0.3 is 9.64 Å². The maximum Gasteiger partial charge on any atom is 0.249 e. The second-order valence-corrected chi connectivity index (χ2v) is 8.49. The first-order valence-electron chi connectivity index (χ1n) is 7.97. The van der Waals surface area contributed by atoms with Gasteiger partial charge in [0.15, 0.2) is 0 Å². The number of nitrogens with one attached hydrogen (secondary N) is 1. The van der Waals surface area contributed by atoms with Crippen molar-refractivity contribution in [3.8, 4) is 0 Å². The minimum Gasteiger partial charge on any atom is -0.373 e. The molecule has 2 atom stereocenters. The minimum atomic E-state index is -3.21. The van der Waals surface area contributed by atoms with Gasteiger partial charge in [-0.1, -0.05) is 6.08 Å². The highest BCUT2D eigenvalue weighted by Gasteiger charge is 2.45. The van der Waals surface area contributed by atoms with Crippen molar-refractivity contribution in [1.29, 1.82) is 0 Å². The zero-order valence-electron chi connectivity index (χ0n) is 13.0. The number of hydrogen-bond acceptors (Lipinski definition) is 4. The van der Waals surface area contributed by atoms with Gasteiger partial charge in [0.05, 0.1) is 18.4 Å². The van der Waals surface area contributed by atoms with E-state index in [1.807, 2.05) is 11.0 Å². The predicted molar refractivity (Wildman–Crippen MR) is 82.8 cm³/mol. The lowest BCUT2D eigenvalue weighted by molar-refractivity contribution is -0.129. The Morgan fingerprint density at radius 1 is 1.50 bits per heavy atom. The number of likely N-dealkylation sites (tertiary alicyclic amines) is 1. The molecule has 2 fully saturated rings. The summed E-state index contributed by atoms with van der Waals surface area (Å²) in [5.41, 5.74) is 0.550. The summed E-state index contributed by atoms with van der Waals surface area (Å²) in [4.78, 5) is 14.3. The molecule has 0 aromatic heterocycles. The van der Waals surface area contributed by atoms with Crippen molar-refractivity contribution >= 4 is 15.9 Å². The molecule has 2 aliphatic heterocycles. The van der Waals surface area contributed by atoms with Gasteiger partial charge in [0, 0.05) is 24.8 Å². The van der Waals surface area contributed by atoms with E-state index >= 15 is 0 Å². The van der Waals surface area contributed by atoms with E-state index in [1.165, 1.54) is 6.26 Å². The highest BCUT2D eigenvalue weighted by molar-refractivity contribution is 7.88. The molecule has 3 aliphatic rings. The first-order valence-corrected chi connectivity index (χ1v) is 9.86. The Labute approximate surface area is 131 Å². The summed E-state index contributed by atoms with van der Waals surface area (Å²) in [6.07, 6.45) is 8.29. The van der Waals surface area contributed by atoms with Gasteiger partial charge in [-0.3, -0.25) is 4.79 Å². The lowest BCUT2D eigenvalue weighted by atomic mass is 9.90. The Morgan fingerprint density at radius 3 is 3.00 bits per heavy atom. The summed E-state index contributed by atoms with van der Waals surface area (Å²) in [6.45, 7) is 1.81. The molecule has 0 aromatic carbocycles. The third-order valence-electron chi connectivity index (χ3n) is 4.79. The first kappa shape index (κ1) is 16.0. The fourth-order valence-corrected chi connectivity index (χ4v) is 4.61. The van der Waals surface area contributed by atoms with E-state index in [9.17, 15) is 13.2 Å². The number of sulfonamides is 1. The van der Waals surface area contributed by atoms with Crippen LogP contribution in [0.3, 0.4) is 0 Å². The van der Waals surface area contributed by atoms with Gasteiger partial charge in [-0.05, 0) is 38.5 Å². The summed E-state index contributed by atoms with van der Waals surface area (Å²) in [5.74, 6) is 0.135. The molecule has 22 heavy (non-hydrogen) atoms. The Morgan fingerprint density at radius 2 is 2.32 bits per heavy atom. The molecule has 1 amide bonds. The normalized spacial score (nSPS) is 32.5. The quantitative estimate of drug-likeness (QED) is 0.831. The fraction of sp³-hybridized carbons (Fsp3) is 0.800. The van der Waals surface area contributed by atoms with Crippen LogP contribution in [0.25, 0.3) is 0 Å². The van der Waals surface area contributed by atoms with Crippen molar-refractivity contribution in [2.45, 2.75) is 50.2 Å². The SMILES string of the molecule is CS(=O)(=O)N[C@H]1CCO[C@@]2(CCN(C(=O)C3=CCCC3)C2)C1. The molecule has 0 aromatic rings. The molecule has 2 saturated heterocycles. The molecule has 1 N–H and O–H groups in total. The van der Waals surface area contributed by atoms with Gasteiger partial charge in [0.1, 0.15) is 0 Å². The van der Waals surface area contributed by atoms with Gasteiger partial charge in [-0.25, -0.2) is 13.1 Å². The standard InChI is InChI=1S/C15H24N2O4S/c1-22(19,20)16-13-6-9-21-15(10-13)7-8-17(11-15)14(18)12-4-2-3-5-12/h4,13,16H,2-3,5-11H2,1H3/t13-,15-/m0/s1. The molecule has 1 spiro atoms. The summed E-state index contributed by atoms with van der Waals surface area (Å²) < 4.78 is 31.5. The van der Waals surface area contributed by atoms with Crippen LogP contribution in [0.5, 0.6) is 0 Å². The summed E-state index contributed by atoms with van der Waals surface area (Å²) in [6, 6.07) is -0.0931. The smallest absolute Gasteiger partial charge is 0.249 e. The van der Waals surface area contributed by atoms with E-state index in [0.29, 0.717) is 32.5 Å². The van der Waals surface area contributed by atoms with E-state index in [-0.39, 0.29) is 17.6 Å². The van der Waals surface area contributed by atoms with E-state index < -0.39 is 10.0 Å². The molecule has 0 bridgehead atoms. The maximum atomic E-state index is 12.5. The maximum absolute atomic E-state index is 12.5. The van der Waals surface area contributed by atoms with Crippen molar-refractivity contribution in [3.63, 3.8) is 0 Å². The van der Waals surface area contributed by atoms with Crippen LogP contribution in [0.15, 0.2) is 11.6 Å². The number of carbonyl (C=O) groups excluding carboxylic acids is 1. The molecule has 124 valence electrons. The second kappa shape index (κ2) is 5.94. The zero-order chi connectivity index (χ0) is 15.8. The Balaban J connectivity index is 1.64. The molecule has 2 heterocycles. The van der Waals surface area contributed by atoms with E-state index in [4.69, 9.17) is 4.74 Å². The van der Waals surface area contributed by atoms with Crippen molar-refractivity contribution in [3.05, 3.63) is 11.6 Å². The van der Waals surface area contributed by atoms with E-state index in [2.05, 4.69) is 4.72 Å². The van der Waals surface area contributed by atoms with Crippen LogP contribution >= 0.6 is 0 Å². The Hall–Kier alpha value is -0.920. The molecule has 7 heteroatoms. The van der Waals surface area contributed by atoms with E-state index in [0.717, 1.165) is 31.3 Å². The first-order chi connectivity index (χ1) is 10.4. The van der Waals surface area contributed by atoms with Gasteiger partial charge in [-0.2, -0.15) is 0 Å². The Kier molecular flexibility index (Phi) is 4.31. The predicted octanol–water partition coefficient (Wildman–Crippen LogP) is 0.796. The van der Waals surface area contributed by atoms with Crippen LogP contribution in [0, 0.1) is 0 Å². The molecule has 3 rings (SSSR count). The van der Waals surface area contributed by atoms with Crippen LogP contribution in [0.2, 0.25) is 0 Å². The van der Waals surface area contributed by atoms with Crippen molar-refractivity contribution in [2.75, 3.05) is 26.0 Å². The largest absolute Gasteiger partial charge is 0.373 e. The lowest BCUT2D eigenvalue weighted by Gasteiger charge is -2.38. The average molecular weight is 328 g/mol.